The molecule has 0 unspecified atom stereocenters. The van der Waals surface area contributed by atoms with Gasteiger partial charge in [-0.1, -0.05) is 30.5 Å². The van der Waals surface area contributed by atoms with E-state index >= 15 is 0 Å². The molecule has 0 aliphatic heterocycles. The zero-order valence-electron chi connectivity index (χ0n) is 12.3. The van der Waals surface area contributed by atoms with Crippen molar-refractivity contribution < 1.29 is 14.7 Å². The summed E-state index contributed by atoms with van der Waals surface area (Å²) < 4.78 is 1.53. The van der Waals surface area contributed by atoms with E-state index in [1.54, 1.807) is 24.4 Å². The molecule has 2 aromatic rings. The number of halogens is 1. The minimum absolute atomic E-state index is 0.317. The quantitative estimate of drug-likeness (QED) is 0.901. The highest BCUT2D eigenvalue weighted by Gasteiger charge is 2.42. The Balaban J connectivity index is 1.80. The first-order chi connectivity index (χ1) is 11.0. The van der Waals surface area contributed by atoms with Crippen LogP contribution < -0.4 is 5.32 Å². The van der Waals surface area contributed by atoms with Crippen LogP contribution in [-0.4, -0.2) is 32.3 Å². The molecule has 1 fully saturated rings. The smallest absolute Gasteiger partial charge is 0.329 e. The van der Waals surface area contributed by atoms with Crippen LogP contribution in [0.5, 0.6) is 0 Å². The summed E-state index contributed by atoms with van der Waals surface area (Å²) in [5.74, 6) is -1.41. The van der Waals surface area contributed by atoms with E-state index in [0.29, 0.717) is 23.4 Å². The lowest BCUT2D eigenvalue weighted by Crippen LogP contribution is -2.52. The maximum absolute atomic E-state index is 12.4. The van der Waals surface area contributed by atoms with Gasteiger partial charge < -0.3 is 10.4 Å². The number of carbonyl (C=O) groups is 2. The number of aliphatic carboxylic acids is 1. The summed E-state index contributed by atoms with van der Waals surface area (Å²) in [5, 5.41) is 16.8. The Morgan fingerprint density at radius 3 is 2.70 bits per heavy atom. The molecule has 3 rings (SSSR count). The Kier molecular flexibility index (Phi) is 4.09. The Hall–Kier alpha value is -2.34. The molecule has 1 amide bonds. The van der Waals surface area contributed by atoms with Gasteiger partial charge in [-0.25, -0.2) is 9.48 Å². The molecule has 23 heavy (non-hydrogen) atoms. The molecule has 0 spiro atoms. The average molecular weight is 334 g/mol. The van der Waals surface area contributed by atoms with Gasteiger partial charge in [0, 0.05) is 11.2 Å². The third kappa shape index (κ3) is 3.07. The Morgan fingerprint density at radius 1 is 1.30 bits per heavy atom. The molecular formula is C16H16ClN3O3. The lowest BCUT2D eigenvalue weighted by atomic mass is 9.97. The number of benzene rings is 1. The van der Waals surface area contributed by atoms with E-state index < -0.39 is 17.4 Å². The van der Waals surface area contributed by atoms with Crippen molar-refractivity contribution in [1.82, 2.24) is 15.1 Å². The maximum Gasteiger partial charge on any atom is 0.329 e. The van der Waals surface area contributed by atoms with Crippen LogP contribution in [-0.2, 0) is 4.79 Å². The van der Waals surface area contributed by atoms with Crippen molar-refractivity contribution in [2.75, 3.05) is 0 Å². The number of hydrogen-bond donors (Lipinski definition) is 2. The lowest BCUT2D eigenvalue weighted by Gasteiger charge is -2.24. The topological polar surface area (TPSA) is 84.2 Å². The van der Waals surface area contributed by atoms with Crippen molar-refractivity contribution in [2.45, 2.75) is 31.2 Å². The van der Waals surface area contributed by atoms with Crippen molar-refractivity contribution in [3.8, 4) is 5.69 Å². The molecular weight excluding hydrogens is 318 g/mol. The van der Waals surface area contributed by atoms with Crippen LogP contribution in [0.25, 0.3) is 5.69 Å². The van der Waals surface area contributed by atoms with Crippen molar-refractivity contribution >= 4 is 23.5 Å². The Bertz CT molecular complexity index is 751. The van der Waals surface area contributed by atoms with Crippen molar-refractivity contribution in [2.24, 2.45) is 0 Å². The molecule has 6 nitrogen and oxygen atoms in total. The molecule has 120 valence electrons. The maximum atomic E-state index is 12.4. The zero-order chi connectivity index (χ0) is 16.4. The molecule has 0 atom stereocenters. The van der Waals surface area contributed by atoms with Crippen LogP contribution in [0.4, 0.5) is 0 Å². The van der Waals surface area contributed by atoms with Crippen LogP contribution in [0.15, 0.2) is 36.7 Å². The van der Waals surface area contributed by atoms with E-state index in [-0.39, 0.29) is 0 Å². The standard InChI is InChI=1S/C16H16ClN3O3/c17-12-4-3-5-13(8-12)20-10-11(9-18-20)14(21)19-16(15(22)23)6-1-2-7-16/h3-5,8-10H,1-2,6-7H2,(H,19,21)(H,22,23). The summed E-state index contributed by atoms with van der Waals surface area (Å²) in [6.07, 6.45) is 5.49. The number of carboxylic acid groups (broad SMARTS) is 1. The molecule has 0 saturated heterocycles. The van der Waals surface area contributed by atoms with Crippen LogP contribution in [0, 0.1) is 0 Å². The van der Waals surface area contributed by atoms with Crippen LogP contribution >= 0.6 is 11.6 Å². The van der Waals surface area contributed by atoms with E-state index in [1.807, 2.05) is 6.07 Å². The number of carbonyl (C=O) groups excluding carboxylic acids is 1. The van der Waals surface area contributed by atoms with Gasteiger partial charge in [-0.15, -0.1) is 0 Å². The summed E-state index contributed by atoms with van der Waals surface area (Å²) in [5.41, 5.74) is -0.113. The molecule has 1 aromatic carbocycles. The normalized spacial score (nSPS) is 16.2. The lowest BCUT2D eigenvalue weighted by molar-refractivity contribution is -0.144. The monoisotopic (exact) mass is 333 g/mol. The van der Waals surface area contributed by atoms with Gasteiger partial charge >= 0.3 is 5.97 Å². The largest absolute Gasteiger partial charge is 0.480 e. The minimum atomic E-state index is -1.16. The molecule has 1 heterocycles. The van der Waals surface area contributed by atoms with Crippen LogP contribution in [0.3, 0.4) is 0 Å². The third-order valence-electron chi connectivity index (χ3n) is 4.14. The van der Waals surface area contributed by atoms with Gasteiger partial charge in [0.05, 0.1) is 17.4 Å². The van der Waals surface area contributed by atoms with Gasteiger partial charge in [0.15, 0.2) is 0 Å². The number of hydrogen-bond acceptors (Lipinski definition) is 3. The Morgan fingerprint density at radius 2 is 2.04 bits per heavy atom. The van der Waals surface area contributed by atoms with Gasteiger partial charge in [0.2, 0.25) is 0 Å². The molecule has 2 N–H and O–H groups in total. The second kappa shape index (κ2) is 6.04. The number of carboxylic acids is 1. The highest BCUT2D eigenvalue weighted by atomic mass is 35.5. The fourth-order valence-electron chi connectivity index (χ4n) is 2.86. The molecule has 1 saturated carbocycles. The zero-order valence-corrected chi connectivity index (χ0v) is 13.1. The van der Waals surface area contributed by atoms with E-state index in [1.165, 1.54) is 10.9 Å². The van der Waals surface area contributed by atoms with Gasteiger partial charge in [0.25, 0.3) is 5.91 Å². The highest BCUT2D eigenvalue weighted by Crippen LogP contribution is 2.30. The molecule has 1 aromatic heterocycles. The number of rotatable bonds is 4. The fourth-order valence-corrected chi connectivity index (χ4v) is 3.04. The van der Waals surface area contributed by atoms with Gasteiger partial charge in [-0.2, -0.15) is 5.10 Å². The molecule has 1 aliphatic carbocycles. The summed E-state index contributed by atoms with van der Waals surface area (Å²) in [6.45, 7) is 0. The molecule has 1 aliphatic rings. The van der Waals surface area contributed by atoms with Gasteiger partial charge in [0.1, 0.15) is 5.54 Å². The number of nitrogens with zero attached hydrogens (tertiary/aromatic N) is 2. The summed E-state index contributed by atoms with van der Waals surface area (Å²) in [7, 11) is 0. The first-order valence-electron chi connectivity index (χ1n) is 7.37. The SMILES string of the molecule is O=C(NC1(C(=O)O)CCCC1)c1cnn(-c2cccc(Cl)c2)c1. The van der Waals surface area contributed by atoms with E-state index in [9.17, 15) is 14.7 Å². The van der Waals surface area contributed by atoms with Crippen LogP contribution in [0.1, 0.15) is 36.0 Å². The highest BCUT2D eigenvalue weighted by molar-refractivity contribution is 6.30. The number of amides is 1. The first kappa shape index (κ1) is 15.6. The molecule has 0 radical (unpaired) electrons. The van der Waals surface area contributed by atoms with Crippen molar-refractivity contribution in [1.29, 1.82) is 0 Å². The van der Waals surface area contributed by atoms with Gasteiger partial charge in [-0.3, -0.25) is 4.79 Å². The molecule has 0 bridgehead atoms. The fraction of sp³-hybridized carbons (Fsp3) is 0.312. The average Bonchev–Trinajstić information content (AvgIpc) is 3.17. The van der Waals surface area contributed by atoms with Crippen molar-refractivity contribution in [3.05, 3.63) is 47.2 Å². The predicted octanol–water partition coefficient (Wildman–Crippen LogP) is 2.65. The minimum Gasteiger partial charge on any atom is -0.480 e. The van der Waals surface area contributed by atoms with E-state index in [0.717, 1.165) is 18.5 Å². The number of nitrogens with one attached hydrogen (secondary N) is 1. The summed E-state index contributed by atoms with van der Waals surface area (Å²) >= 11 is 5.94. The van der Waals surface area contributed by atoms with Crippen molar-refractivity contribution in [3.63, 3.8) is 0 Å². The number of aromatic nitrogens is 2. The van der Waals surface area contributed by atoms with E-state index in [2.05, 4.69) is 10.4 Å². The van der Waals surface area contributed by atoms with Gasteiger partial charge in [-0.05, 0) is 31.0 Å². The second-order valence-corrected chi connectivity index (χ2v) is 6.14. The summed E-state index contributed by atoms with van der Waals surface area (Å²) in [6, 6.07) is 7.08. The van der Waals surface area contributed by atoms with Crippen LogP contribution in [0.2, 0.25) is 5.02 Å². The first-order valence-corrected chi connectivity index (χ1v) is 7.74. The second-order valence-electron chi connectivity index (χ2n) is 5.70. The molecule has 7 heteroatoms. The van der Waals surface area contributed by atoms with E-state index in [4.69, 9.17) is 11.6 Å². The summed E-state index contributed by atoms with van der Waals surface area (Å²) in [4.78, 5) is 23.9. The Labute approximate surface area is 138 Å². The predicted molar refractivity (Wildman–Crippen MR) is 84.9 cm³/mol. The third-order valence-corrected chi connectivity index (χ3v) is 4.37.